The van der Waals surface area contributed by atoms with E-state index in [0.717, 1.165) is 13.1 Å². The summed E-state index contributed by atoms with van der Waals surface area (Å²) in [4.78, 5) is 2.24. The third kappa shape index (κ3) is 2.26. The summed E-state index contributed by atoms with van der Waals surface area (Å²) >= 11 is 0. The first-order valence-corrected chi connectivity index (χ1v) is 4.45. The van der Waals surface area contributed by atoms with Gasteiger partial charge >= 0.3 is 0 Å². The summed E-state index contributed by atoms with van der Waals surface area (Å²) in [5.41, 5.74) is 0. The molecule has 0 bridgehead atoms. The summed E-state index contributed by atoms with van der Waals surface area (Å²) in [6.45, 7) is 2.13. The number of nitriles is 1. The van der Waals surface area contributed by atoms with E-state index in [-0.39, 0.29) is 6.04 Å². The van der Waals surface area contributed by atoms with E-state index in [0.29, 0.717) is 6.42 Å². The molecule has 12 heavy (non-hydrogen) atoms. The van der Waals surface area contributed by atoms with Crippen molar-refractivity contribution in [2.45, 2.75) is 31.7 Å². The molecule has 1 aliphatic rings. The van der Waals surface area contributed by atoms with Crippen LogP contribution in [0.4, 0.5) is 0 Å². The van der Waals surface area contributed by atoms with Gasteiger partial charge in [0.1, 0.15) is 0 Å². The molecule has 0 N–H and O–H groups in total. The van der Waals surface area contributed by atoms with Crippen LogP contribution in [-0.4, -0.2) is 24.0 Å². The van der Waals surface area contributed by atoms with Gasteiger partial charge in [-0.3, -0.25) is 4.90 Å². The molecule has 64 valence electrons. The molecular weight excluding hydrogens is 148 g/mol. The summed E-state index contributed by atoms with van der Waals surface area (Å²) in [6.07, 6.45) is 9.57. The van der Waals surface area contributed by atoms with Crippen molar-refractivity contribution in [3.63, 3.8) is 0 Å². The highest BCUT2D eigenvalue weighted by Crippen LogP contribution is 2.13. The zero-order chi connectivity index (χ0) is 8.81. The minimum absolute atomic E-state index is 0.0512. The SMILES string of the molecule is C#CC(CC#N)N1CCCCC1. The van der Waals surface area contributed by atoms with Crippen molar-refractivity contribution < 1.29 is 0 Å². The Balaban J connectivity index is 2.43. The van der Waals surface area contributed by atoms with E-state index in [1.807, 2.05) is 0 Å². The van der Waals surface area contributed by atoms with Gasteiger partial charge in [-0.05, 0) is 25.9 Å². The number of piperidine rings is 1. The first-order valence-electron chi connectivity index (χ1n) is 4.45. The standard InChI is InChI=1S/C10H14N2/c1-2-10(6-7-11)12-8-4-3-5-9-12/h1,10H,3-6,8-9H2. The molecule has 1 atom stereocenters. The molecule has 0 saturated carbocycles. The maximum atomic E-state index is 8.53. The van der Waals surface area contributed by atoms with Crippen LogP contribution in [0.25, 0.3) is 0 Å². The van der Waals surface area contributed by atoms with Crippen molar-refractivity contribution in [1.82, 2.24) is 4.90 Å². The summed E-state index contributed by atoms with van der Waals surface area (Å²) in [5.74, 6) is 2.68. The van der Waals surface area contributed by atoms with Crippen LogP contribution in [0.1, 0.15) is 25.7 Å². The number of hydrogen-bond donors (Lipinski definition) is 0. The molecule has 1 aliphatic heterocycles. The fraction of sp³-hybridized carbons (Fsp3) is 0.700. The van der Waals surface area contributed by atoms with Crippen LogP contribution in [-0.2, 0) is 0 Å². The summed E-state index contributed by atoms with van der Waals surface area (Å²) in [5, 5.41) is 8.53. The molecule has 1 heterocycles. The van der Waals surface area contributed by atoms with Crippen molar-refractivity contribution in [1.29, 1.82) is 5.26 Å². The summed E-state index contributed by atoms with van der Waals surface area (Å²) in [6, 6.07) is 2.18. The fourth-order valence-corrected chi connectivity index (χ4v) is 1.61. The van der Waals surface area contributed by atoms with Gasteiger partial charge < -0.3 is 0 Å². The largest absolute Gasteiger partial charge is 0.289 e. The average molecular weight is 162 g/mol. The lowest BCUT2D eigenvalue weighted by Gasteiger charge is -2.30. The maximum Gasteiger partial charge on any atom is 0.0843 e. The molecule has 0 aromatic rings. The van der Waals surface area contributed by atoms with Crippen molar-refractivity contribution in [3.05, 3.63) is 0 Å². The third-order valence-corrected chi connectivity index (χ3v) is 2.31. The Morgan fingerprint density at radius 2 is 2.00 bits per heavy atom. The second-order valence-electron chi connectivity index (χ2n) is 3.14. The van der Waals surface area contributed by atoms with E-state index in [1.165, 1.54) is 19.3 Å². The van der Waals surface area contributed by atoms with E-state index < -0.39 is 0 Å². The van der Waals surface area contributed by atoms with Crippen molar-refractivity contribution >= 4 is 0 Å². The van der Waals surface area contributed by atoms with Gasteiger partial charge in [0.05, 0.1) is 18.5 Å². The monoisotopic (exact) mass is 162 g/mol. The minimum atomic E-state index is 0.0512. The van der Waals surface area contributed by atoms with Crippen LogP contribution < -0.4 is 0 Å². The molecule has 1 rings (SSSR count). The van der Waals surface area contributed by atoms with Gasteiger partial charge in [0.15, 0.2) is 0 Å². The van der Waals surface area contributed by atoms with Crippen LogP contribution in [0.3, 0.4) is 0 Å². The highest BCUT2D eigenvalue weighted by atomic mass is 15.1. The van der Waals surface area contributed by atoms with Crippen molar-refractivity contribution in [3.8, 4) is 18.4 Å². The van der Waals surface area contributed by atoms with Gasteiger partial charge in [0.25, 0.3) is 0 Å². The predicted octanol–water partition coefficient (Wildman–Crippen LogP) is 1.39. The number of rotatable bonds is 2. The Morgan fingerprint density at radius 1 is 1.33 bits per heavy atom. The number of terminal acetylenes is 1. The number of hydrogen-bond acceptors (Lipinski definition) is 2. The summed E-state index contributed by atoms with van der Waals surface area (Å²) < 4.78 is 0. The molecule has 1 unspecified atom stereocenters. The molecule has 0 aromatic carbocycles. The quantitative estimate of drug-likeness (QED) is 0.574. The van der Waals surface area contributed by atoms with Crippen LogP contribution in [0, 0.1) is 23.7 Å². The fourth-order valence-electron chi connectivity index (χ4n) is 1.61. The van der Waals surface area contributed by atoms with Gasteiger partial charge in [-0.15, -0.1) is 6.42 Å². The predicted molar refractivity (Wildman–Crippen MR) is 48.3 cm³/mol. The van der Waals surface area contributed by atoms with Gasteiger partial charge in [-0.1, -0.05) is 12.3 Å². The second-order valence-corrected chi connectivity index (χ2v) is 3.14. The topological polar surface area (TPSA) is 27.0 Å². The van der Waals surface area contributed by atoms with E-state index in [9.17, 15) is 0 Å². The molecular formula is C10H14N2. The molecule has 1 saturated heterocycles. The highest BCUT2D eigenvalue weighted by Gasteiger charge is 2.17. The Hall–Kier alpha value is -0.990. The van der Waals surface area contributed by atoms with Gasteiger partial charge in [-0.2, -0.15) is 5.26 Å². The van der Waals surface area contributed by atoms with Crippen LogP contribution in [0.2, 0.25) is 0 Å². The molecule has 1 fully saturated rings. The Morgan fingerprint density at radius 3 is 2.50 bits per heavy atom. The molecule has 2 heteroatoms. The number of nitrogens with zero attached hydrogens (tertiary/aromatic N) is 2. The lowest BCUT2D eigenvalue weighted by atomic mass is 10.1. The van der Waals surface area contributed by atoms with Gasteiger partial charge in [0, 0.05) is 0 Å². The van der Waals surface area contributed by atoms with Gasteiger partial charge in [-0.25, -0.2) is 0 Å². The normalized spacial score (nSPS) is 20.8. The zero-order valence-electron chi connectivity index (χ0n) is 7.29. The molecule has 2 nitrogen and oxygen atoms in total. The maximum absolute atomic E-state index is 8.53. The van der Waals surface area contributed by atoms with Crippen LogP contribution >= 0.6 is 0 Å². The molecule has 0 radical (unpaired) electrons. The smallest absolute Gasteiger partial charge is 0.0843 e. The lowest BCUT2D eigenvalue weighted by molar-refractivity contribution is 0.198. The van der Waals surface area contributed by atoms with Crippen molar-refractivity contribution in [2.75, 3.05) is 13.1 Å². The third-order valence-electron chi connectivity index (χ3n) is 2.31. The second kappa shape index (κ2) is 4.80. The summed E-state index contributed by atoms with van der Waals surface area (Å²) in [7, 11) is 0. The first-order chi connectivity index (χ1) is 5.88. The van der Waals surface area contributed by atoms with Crippen molar-refractivity contribution in [2.24, 2.45) is 0 Å². The highest BCUT2D eigenvalue weighted by molar-refractivity contribution is 5.04. The molecule has 0 amide bonds. The van der Waals surface area contributed by atoms with Crippen LogP contribution in [0.15, 0.2) is 0 Å². The Bertz CT molecular complexity index is 203. The van der Waals surface area contributed by atoms with E-state index in [2.05, 4.69) is 16.9 Å². The average Bonchev–Trinajstić information content (AvgIpc) is 2.15. The van der Waals surface area contributed by atoms with Crippen LogP contribution in [0.5, 0.6) is 0 Å². The Labute approximate surface area is 74.2 Å². The molecule has 0 aromatic heterocycles. The zero-order valence-corrected chi connectivity index (χ0v) is 7.29. The molecule has 0 spiro atoms. The lowest BCUT2D eigenvalue weighted by Crippen LogP contribution is -2.38. The molecule has 0 aliphatic carbocycles. The van der Waals surface area contributed by atoms with E-state index in [1.54, 1.807) is 0 Å². The van der Waals surface area contributed by atoms with E-state index in [4.69, 9.17) is 11.7 Å². The van der Waals surface area contributed by atoms with E-state index >= 15 is 0 Å². The minimum Gasteiger partial charge on any atom is -0.289 e. The Kier molecular flexibility index (Phi) is 3.64. The van der Waals surface area contributed by atoms with Gasteiger partial charge in [0.2, 0.25) is 0 Å². The number of likely N-dealkylation sites (tertiary alicyclic amines) is 1. The first kappa shape index (κ1) is 9.10.